The molecular formula is C15H26N2O. The first-order valence-corrected chi connectivity index (χ1v) is 7.21. The first kappa shape index (κ1) is 13.6. The van der Waals surface area contributed by atoms with Gasteiger partial charge in [0.15, 0.2) is 0 Å². The molecule has 1 saturated carbocycles. The van der Waals surface area contributed by atoms with E-state index < -0.39 is 0 Å². The molecule has 0 aliphatic heterocycles. The third-order valence-electron chi connectivity index (χ3n) is 4.24. The average molecular weight is 250 g/mol. The lowest BCUT2D eigenvalue weighted by Gasteiger charge is -2.31. The molecule has 1 unspecified atom stereocenters. The molecule has 1 aliphatic rings. The van der Waals surface area contributed by atoms with Gasteiger partial charge in [0.2, 0.25) is 0 Å². The molecule has 1 atom stereocenters. The van der Waals surface area contributed by atoms with Crippen LogP contribution in [0.5, 0.6) is 0 Å². The van der Waals surface area contributed by atoms with E-state index in [1.54, 1.807) is 6.26 Å². The van der Waals surface area contributed by atoms with Crippen molar-refractivity contribution in [3.05, 3.63) is 24.2 Å². The van der Waals surface area contributed by atoms with Gasteiger partial charge < -0.3 is 10.2 Å². The van der Waals surface area contributed by atoms with Crippen molar-refractivity contribution in [2.45, 2.75) is 51.1 Å². The molecule has 3 nitrogen and oxygen atoms in total. The van der Waals surface area contributed by atoms with Crippen molar-refractivity contribution in [3.63, 3.8) is 0 Å². The Morgan fingerprint density at radius 3 is 2.78 bits per heavy atom. The average Bonchev–Trinajstić information content (AvgIpc) is 2.90. The summed E-state index contributed by atoms with van der Waals surface area (Å²) in [4.78, 5) is 2.37. The summed E-state index contributed by atoms with van der Waals surface area (Å²) in [7, 11) is 2.17. The molecule has 1 aliphatic carbocycles. The van der Waals surface area contributed by atoms with Gasteiger partial charge in [-0.3, -0.25) is 4.90 Å². The SMILES string of the molecule is CN(Cc1ccoc1)C(CN)CC1CCCCC1. The van der Waals surface area contributed by atoms with Crippen LogP contribution < -0.4 is 5.73 Å². The van der Waals surface area contributed by atoms with Crippen molar-refractivity contribution in [3.8, 4) is 0 Å². The molecule has 1 aromatic heterocycles. The Morgan fingerprint density at radius 1 is 1.39 bits per heavy atom. The largest absolute Gasteiger partial charge is 0.472 e. The smallest absolute Gasteiger partial charge is 0.0947 e. The summed E-state index contributed by atoms with van der Waals surface area (Å²) in [6.07, 6.45) is 11.9. The number of likely N-dealkylation sites (N-methyl/N-ethyl adjacent to an activating group) is 1. The van der Waals surface area contributed by atoms with Gasteiger partial charge in [-0.1, -0.05) is 32.1 Å². The lowest BCUT2D eigenvalue weighted by Crippen LogP contribution is -2.39. The molecule has 1 heterocycles. The zero-order valence-corrected chi connectivity index (χ0v) is 11.5. The number of rotatable bonds is 6. The van der Waals surface area contributed by atoms with Gasteiger partial charge in [-0.2, -0.15) is 0 Å². The highest BCUT2D eigenvalue weighted by molar-refractivity contribution is 5.05. The fourth-order valence-electron chi connectivity index (χ4n) is 3.06. The molecule has 1 aromatic rings. The van der Waals surface area contributed by atoms with Gasteiger partial charge in [-0.15, -0.1) is 0 Å². The monoisotopic (exact) mass is 250 g/mol. The maximum Gasteiger partial charge on any atom is 0.0947 e. The molecule has 102 valence electrons. The number of nitrogens with zero attached hydrogens (tertiary/aromatic N) is 1. The van der Waals surface area contributed by atoms with Gasteiger partial charge in [0.05, 0.1) is 12.5 Å². The number of nitrogens with two attached hydrogens (primary N) is 1. The van der Waals surface area contributed by atoms with Crippen molar-refractivity contribution in [1.82, 2.24) is 4.90 Å². The van der Waals surface area contributed by atoms with E-state index in [-0.39, 0.29) is 0 Å². The van der Waals surface area contributed by atoms with Gasteiger partial charge in [0, 0.05) is 24.7 Å². The van der Waals surface area contributed by atoms with Crippen LogP contribution in [-0.2, 0) is 6.54 Å². The Labute approximate surface area is 110 Å². The third kappa shape index (κ3) is 3.85. The second-order valence-corrected chi connectivity index (χ2v) is 5.68. The van der Waals surface area contributed by atoms with Gasteiger partial charge in [-0.25, -0.2) is 0 Å². The van der Waals surface area contributed by atoms with E-state index in [1.165, 1.54) is 44.1 Å². The highest BCUT2D eigenvalue weighted by Gasteiger charge is 2.21. The van der Waals surface area contributed by atoms with E-state index in [0.717, 1.165) is 19.0 Å². The summed E-state index contributed by atoms with van der Waals surface area (Å²) in [6, 6.07) is 2.54. The quantitative estimate of drug-likeness (QED) is 0.844. The van der Waals surface area contributed by atoms with Gasteiger partial charge in [0.1, 0.15) is 0 Å². The van der Waals surface area contributed by atoms with E-state index in [0.29, 0.717) is 6.04 Å². The molecule has 0 bridgehead atoms. The highest BCUT2D eigenvalue weighted by atomic mass is 16.3. The second-order valence-electron chi connectivity index (χ2n) is 5.68. The Bertz CT molecular complexity index is 317. The van der Waals surface area contributed by atoms with Gasteiger partial charge in [-0.05, 0) is 25.5 Å². The molecule has 2 rings (SSSR count). The van der Waals surface area contributed by atoms with Crippen molar-refractivity contribution in [2.75, 3.05) is 13.6 Å². The maximum absolute atomic E-state index is 5.95. The zero-order valence-electron chi connectivity index (χ0n) is 11.5. The van der Waals surface area contributed by atoms with Gasteiger partial charge in [0.25, 0.3) is 0 Å². The molecule has 0 aromatic carbocycles. The molecule has 0 saturated heterocycles. The van der Waals surface area contributed by atoms with Crippen LogP contribution in [0.2, 0.25) is 0 Å². The molecule has 1 fully saturated rings. The van der Waals surface area contributed by atoms with Crippen molar-refractivity contribution < 1.29 is 4.42 Å². The fraction of sp³-hybridized carbons (Fsp3) is 0.733. The fourth-order valence-corrected chi connectivity index (χ4v) is 3.06. The lowest BCUT2D eigenvalue weighted by atomic mass is 9.84. The van der Waals surface area contributed by atoms with Crippen LogP contribution in [-0.4, -0.2) is 24.5 Å². The van der Waals surface area contributed by atoms with E-state index in [2.05, 4.69) is 11.9 Å². The molecule has 3 heteroatoms. The van der Waals surface area contributed by atoms with E-state index >= 15 is 0 Å². The van der Waals surface area contributed by atoms with Crippen molar-refractivity contribution >= 4 is 0 Å². The lowest BCUT2D eigenvalue weighted by molar-refractivity contribution is 0.184. The van der Waals surface area contributed by atoms with Crippen molar-refractivity contribution in [2.24, 2.45) is 11.7 Å². The minimum atomic E-state index is 0.503. The van der Waals surface area contributed by atoms with Crippen LogP contribution in [0.4, 0.5) is 0 Å². The van der Waals surface area contributed by atoms with Crippen LogP contribution in [0, 0.1) is 5.92 Å². The Hall–Kier alpha value is -0.800. The van der Waals surface area contributed by atoms with Gasteiger partial charge >= 0.3 is 0 Å². The molecular weight excluding hydrogens is 224 g/mol. The molecule has 0 radical (unpaired) electrons. The second kappa shape index (κ2) is 6.95. The molecule has 0 amide bonds. The summed E-state index contributed by atoms with van der Waals surface area (Å²) >= 11 is 0. The van der Waals surface area contributed by atoms with E-state index in [9.17, 15) is 0 Å². The van der Waals surface area contributed by atoms with Crippen LogP contribution >= 0.6 is 0 Å². The normalized spacial score (nSPS) is 19.3. The van der Waals surface area contributed by atoms with Crippen molar-refractivity contribution in [1.29, 1.82) is 0 Å². The first-order valence-electron chi connectivity index (χ1n) is 7.21. The van der Waals surface area contributed by atoms with Crippen LogP contribution in [0.3, 0.4) is 0 Å². The van der Waals surface area contributed by atoms with E-state index in [4.69, 9.17) is 10.2 Å². The number of hydrogen-bond acceptors (Lipinski definition) is 3. The topological polar surface area (TPSA) is 42.4 Å². The van der Waals surface area contributed by atoms with Crippen LogP contribution in [0.25, 0.3) is 0 Å². The number of hydrogen-bond donors (Lipinski definition) is 1. The Balaban J connectivity index is 1.82. The summed E-state index contributed by atoms with van der Waals surface area (Å²) in [6.45, 7) is 1.69. The Morgan fingerprint density at radius 2 is 2.17 bits per heavy atom. The standard InChI is InChI=1S/C15H26N2O/c1-17(11-14-7-8-18-12-14)15(10-16)9-13-5-3-2-4-6-13/h7-8,12-13,15H,2-6,9-11,16H2,1H3. The minimum absolute atomic E-state index is 0.503. The van der Waals surface area contributed by atoms with Crippen LogP contribution in [0.15, 0.2) is 23.0 Å². The molecule has 18 heavy (non-hydrogen) atoms. The highest BCUT2D eigenvalue weighted by Crippen LogP contribution is 2.28. The predicted octanol–water partition coefficient (Wildman–Crippen LogP) is 3.01. The number of furan rings is 1. The maximum atomic E-state index is 5.95. The first-order chi connectivity index (χ1) is 8.79. The molecule has 2 N–H and O–H groups in total. The summed E-state index contributed by atoms with van der Waals surface area (Å²) in [5.74, 6) is 0.888. The Kier molecular flexibility index (Phi) is 5.26. The minimum Gasteiger partial charge on any atom is -0.472 e. The van der Waals surface area contributed by atoms with E-state index in [1.807, 2.05) is 12.3 Å². The summed E-state index contributed by atoms with van der Waals surface area (Å²) < 4.78 is 5.12. The third-order valence-corrected chi connectivity index (χ3v) is 4.24. The van der Waals surface area contributed by atoms with Crippen LogP contribution in [0.1, 0.15) is 44.1 Å². The zero-order chi connectivity index (χ0) is 12.8. The molecule has 0 spiro atoms. The summed E-state index contributed by atoms with van der Waals surface area (Å²) in [5, 5.41) is 0. The predicted molar refractivity (Wildman–Crippen MR) is 74.2 cm³/mol. The summed E-state index contributed by atoms with van der Waals surface area (Å²) in [5.41, 5.74) is 7.19.